The van der Waals surface area contributed by atoms with E-state index in [2.05, 4.69) is 15.0 Å². The number of alkyl halides is 6. The van der Waals surface area contributed by atoms with E-state index in [1.165, 1.54) is 42.8 Å². The molecule has 2 aromatic heterocycles. The van der Waals surface area contributed by atoms with Crippen LogP contribution in [0, 0.1) is 24.0 Å². The topological polar surface area (TPSA) is 149 Å². The van der Waals surface area contributed by atoms with Crippen LogP contribution in [0.5, 0.6) is 23.4 Å². The Morgan fingerprint density at radius 2 is 1.44 bits per heavy atom. The number of fused-ring (bicyclic) bond motifs is 5. The summed E-state index contributed by atoms with van der Waals surface area (Å²) in [6.45, 7) is 6.93. The predicted molar refractivity (Wildman–Crippen MR) is 242 cm³/mol. The Bertz CT molecular complexity index is 2810. The lowest BCUT2D eigenvalue weighted by molar-refractivity contribution is -0.206. The fourth-order valence-electron chi connectivity index (χ4n) is 9.26. The molecule has 0 unspecified atom stereocenters. The first-order chi connectivity index (χ1) is 33.2. The van der Waals surface area contributed by atoms with Gasteiger partial charge in [-0.2, -0.15) is 36.3 Å². The summed E-state index contributed by atoms with van der Waals surface area (Å²) in [5, 5.41) is 9.28. The van der Waals surface area contributed by atoms with Crippen LogP contribution in [0.15, 0.2) is 54.6 Å². The minimum absolute atomic E-state index is 0.0188. The number of piperazine rings is 1. The molecule has 3 aromatic carbocycles. The number of aliphatic carboxylic acids is 1. The lowest BCUT2D eigenvalue weighted by Gasteiger charge is -2.48. The molecule has 0 saturated carbocycles. The van der Waals surface area contributed by atoms with Crippen LogP contribution < -0.4 is 28.7 Å². The number of amides is 1. The lowest BCUT2D eigenvalue weighted by Crippen LogP contribution is -2.68. The highest BCUT2D eigenvalue weighted by molar-refractivity contribution is 5.98. The average Bonchev–Trinajstić information content (AvgIpc) is 3.53. The molecule has 1 amide bonds. The third-order valence-corrected chi connectivity index (χ3v) is 12.7. The summed E-state index contributed by atoms with van der Waals surface area (Å²) < 4.78 is 156. The number of carboxylic acid groups (broad SMARTS) is 1. The Hall–Kier alpha value is -6.87. The smallest absolute Gasteiger partial charge is 0.427 e. The number of pyridine rings is 1. The van der Waals surface area contributed by atoms with Gasteiger partial charge in [0.15, 0.2) is 5.82 Å². The van der Waals surface area contributed by atoms with Crippen LogP contribution in [0.2, 0.25) is 0 Å². The molecule has 2 saturated heterocycles. The fourth-order valence-corrected chi connectivity index (χ4v) is 9.26. The van der Waals surface area contributed by atoms with Gasteiger partial charge < -0.3 is 38.6 Å². The molecular weight excluding hydrogens is 953 g/mol. The van der Waals surface area contributed by atoms with Crippen LogP contribution >= 0.6 is 0 Å². The van der Waals surface area contributed by atoms with Crippen LogP contribution in [0.25, 0.3) is 22.2 Å². The standard InChI is InChI=1S/C49H50F8N6O8/c1-24-34(48(52,53)54)30(19-32(35(24)50)61(20-25-9-14-28(67-7)15-10-25)21-26-11-16-29(68-8)17-12-26)37-36(51)38-33-41(60-44(59-38)69-23-47(5,6)43(64)65)62-22-27-13-18-31(63(27)45(66)71-46(2,3)4)39(62)40(49(55,56)57)70-42(33)58-37/h9-12,14-17,19,27,31,39-40H,13,18,20-23H2,1-8H3,(H,64,65)/t27-,31+,39+,40-/m1/s1. The monoisotopic (exact) mass is 1000 g/mol. The molecule has 71 heavy (non-hydrogen) atoms. The third-order valence-electron chi connectivity index (χ3n) is 12.7. The third kappa shape index (κ3) is 9.80. The Morgan fingerprint density at radius 1 is 0.845 bits per heavy atom. The van der Waals surface area contributed by atoms with Crippen LogP contribution in [-0.4, -0.2) is 100 Å². The van der Waals surface area contributed by atoms with Crippen molar-refractivity contribution in [2.45, 2.75) is 110 Å². The molecule has 5 aromatic rings. The van der Waals surface area contributed by atoms with Crippen molar-refractivity contribution in [1.29, 1.82) is 0 Å². The minimum atomic E-state index is -5.42. The number of rotatable bonds is 12. The second kappa shape index (κ2) is 18.4. The van der Waals surface area contributed by atoms with Gasteiger partial charge in [-0.1, -0.05) is 24.3 Å². The highest BCUT2D eigenvalue weighted by atomic mass is 19.4. The maximum Gasteiger partial charge on any atom is 0.427 e. The SMILES string of the molecule is COc1ccc(CN(Cc2ccc(OC)cc2)c2cc(-c3nc4c5c(nc(OCC(C)(C)C(=O)O)nc5c3F)N3C[C@H]5CC[C@@H]([C@H]3[C@H](C(F)(F)F)O4)N5C(=O)OC(C)(C)C)c(C(F)(F)F)c(C)c2F)cc1. The largest absolute Gasteiger partial charge is 0.497 e. The molecule has 8 rings (SSSR count). The highest BCUT2D eigenvalue weighted by Crippen LogP contribution is 2.51. The maximum atomic E-state index is 17.8. The van der Waals surface area contributed by atoms with Gasteiger partial charge in [-0.3, -0.25) is 9.69 Å². The van der Waals surface area contributed by atoms with Gasteiger partial charge in [0, 0.05) is 25.2 Å². The number of nitrogens with zero attached hydrogens (tertiary/aromatic N) is 6. The molecule has 14 nitrogen and oxygen atoms in total. The van der Waals surface area contributed by atoms with Crippen molar-refractivity contribution in [3.63, 3.8) is 0 Å². The van der Waals surface area contributed by atoms with E-state index in [1.54, 1.807) is 69.3 Å². The van der Waals surface area contributed by atoms with Gasteiger partial charge in [0.05, 0.1) is 49.0 Å². The number of ether oxygens (including phenoxy) is 5. The Balaban J connectivity index is 1.37. The van der Waals surface area contributed by atoms with Crippen LogP contribution in [0.1, 0.15) is 69.7 Å². The van der Waals surface area contributed by atoms with Crippen molar-refractivity contribution in [3.8, 4) is 34.6 Å². The molecule has 380 valence electrons. The zero-order valence-corrected chi connectivity index (χ0v) is 39.8. The zero-order valence-electron chi connectivity index (χ0n) is 39.8. The van der Waals surface area contributed by atoms with Crippen molar-refractivity contribution in [2.75, 3.05) is 37.2 Å². The van der Waals surface area contributed by atoms with E-state index in [1.807, 2.05) is 0 Å². The van der Waals surface area contributed by atoms with E-state index < -0.39 is 135 Å². The number of hydrogen-bond donors (Lipinski definition) is 1. The maximum absolute atomic E-state index is 17.8. The number of benzene rings is 3. The number of aromatic nitrogens is 3. The molecule has 0 spiro atoms. The van der Waals surface area contributed by atoms with E-state index in [-0.39, 0.29) is 32.5 Å². The van der Waals surface area contributed by atoms with Crippen molar-refractivity contribution in [2.24, 2.45) is 5.41 Å². The Labute approximate surface area is 402 Å². The predicted octanol–water partition coefficient (Wildman–Crippen LogP) is 10.3. The van der Waals surface area contributed by atoms with Gasteiger partial charge in [0.1, 0.15) is 51.9 Å². The summed E-state index contributed by atoms with van der Waals surface area (Å²) in [6.07, 6.45) is -14.2. The summed E-state index contributed by atoms with van der Waals surface area (Å²) in [4.78, 5) is 42.3. The summed E-state index contributed by atoms with van der Waals surface area (Å²) in [6, 6.07) is 9.24. The molecule has 5 heterocycles. The zero-order chi connectivity index (χ0) is 51.7. The lowest BCUT2D eigenvalue weighted by atomic mass is 9.95. The van der Waals surface area contributed by atoms with E-state index in [0.717, 1.165) is 13.0 Å². The van der Waals surface area contributed by atoms with E-state index >= 15 is 35.1 Å². The molecule has 3 aliphatic heterocycles. The summed E-state index contributed by atoms with van der Waals surface area (Å²) >= 11 is 0. The van der Waals surface area contributed by atoms with Crippen LogP contribution in [-0.2, 0) is 28.8 Å². The first-order valence-corrected chi connectivity index (χ1v) is 22.4. The number of anilines is 2. The molecule has 0 aliphatic carbocycles. The fraction of sp³-hybridized carbons (Fsp3) is 0.449. The van der Waals surface area contributed by atoms with Gasteiger partial charge >= 0.3 is 30.4 Å². The number of halogens is 8. The second-order valence-electron chi connectivity index (χ2n) is 19.3. The molecule has 22 heteroatoms. The molecule has 2 bridgehead atoms. The number of hydrogen-bond acceptors (Lipinski definition) is 12. The molecule has 2 fully saturated rings. The normalized spacial score (nSPS) is 18.9. The molecule has 0 radical (unpaired) electrons. The first-order valence-electron chi connectivity index (χ1n) is 22.4. The number of carboxylic acids is 1. The molecule has 4 atom stereocenters. The van der Waals surface area contributed by atoms with E-state index in [9.17, 15) is 14.7 Å². The molecule has 1 N–H and O–H groups in total. The van der Waals surface area contributed by atoms with Gasteiger partial charge in [-0.15, -0.1) is 0 Å². The highest BCUT2D eigenvalue weighted by Gasteiger charge is 2.61. The van der Waals surface area contributed by atoms with Crippen molar-refractivity contribution < 1.29 is 73.5 Å². The van der Waals surface area contributed by atoms with Crippen LogP contribution in [0.3, 0.4) is 0 Å². The molecular formula is C49H50F8N6O8. The van der Waals surface area contributed by atoms with Crippen molar-refractivity contribution in [1.82, 2.24) is 19.9 Å². The summed E-state index contributed by atoms with van der Waals surface area (Å²) in [7, 11) is 2.90. The van der Waals surface area contributed by atoms with E-state index in [4.69, 9.17) is 23.7 Å². The van der Waals surface area contributed by atoms with Crippen LogP contribution in [0.4, 0.5) is 51.4 Å². The minimum Gasteiger partial charge on any atom is -0.497 e. The second-order valence-corrected chi connectivity index (χ2v) is 19.3. The summed E-state index contributed by atoms with van der Waals surface area (Å²) in [5.74, 6) is -4.75. The Morgan fingerprint density at radius 3 is 1.96 bits per heavy atom. The quantitative estimate of drug-likeness (QED) is 0.118. The van der Waals surface area contributed by atoms with Gasteiger partial charge in [-0.25, -0.2) is 18.6 Å². The average molecular weight is 1000 g/mol. The summed E-state index contributed by atoms with van der Waals surface area (Å²) in [5.41, 5.74) is -7.89. The van der Waals surface area contributed by atoms with Gasteiger partial charge in [0.25, 0.3) is 0 Å². The number of methoxy groups -OCH3 is 2. The Kier molecular flexibility index (Phi) is 13.1. The van der Waals surface area contributed by atoms with Gasteiger partial charge in [0.2, 0.25) is 12.0 Å². The van der Waals surface area contributed by atoms with E-state index in [0.29, 0.717) is 22.6 Å². The first kappa shape index (κ1) is 50.5. The number of carbonyl (C=O) groups excluding carboxylic acids is 1. The molecule has 3 aliphatic rings. The number of carbonyl (C=O) groups is 2. The van der Waals surface area contributed by atoms with Crippen molar-refractivity contribution >= 4 is 34.5 Å². The van der Waals surface area contributed by atoms with Crippen molar-refractivity contribution in [3.05, 3.63) is 88.5 Å². The van der Waals surface area contributed by atoms with Gasteiger partial charge in [-0.05, 0) is 101 Å².